The number of benzene rings is 2. The van der Waals surface area contributed by atoms with Gasteiger partial charge in [0.25, 0.3) is 0 Å². The van der Waals surface area contributed by atoms with Gasteiger partial charge in [0.05, 0.1) is 0 Å². The standard InChI is InChI=1S/C24H23AsN2O5/c1-25(2)9-10-27-23(29)19-16-13-14(31-12-11-28)7-8-15(16)21-22(20(19)24(27)30)32-18-6-4-3-5-17(18)26-21/h3-8,13,22,28H,9-12H2,1-2H3/p+1. The molecule has 2 N–H and O–H groups in total. The summed E-state index contributed by atoms with van der Waals surface area (Å²) in [5.74, 6) is 0.627. The normalized spacial score (nSPS) is 18.7. The molecule has 0 saturated carbocycles. The number of imide groups is 1. The van der Waals surface area contributed by atoms with E-state index in [0.717, 1.165) is 22.2 Å². The first-order valence-corrected chi connectivity index (χ1v) is 15.6. The van der Waals surface area contributed by atoms with Gasteiger partial charge in [-0.25, -0.2) is 0 Å². The molecule has 0 spiro atoms. The third-order valence-electron chi connectivity index (χ3n) is 5.81. The SMILES string of the molecule is C[As](C)CCN1C(=O)C2=C(C1=O)C1Oc3ccccc3[NH+]=C1c1ccc(OCCO)cc12. The number of ether oxygens (including phenoxy) is 2. The van der Waals surface area contributed by atoms with E-state index in [9.17, 15) is 9.59 Å². The molecular weight excluding hydrogens is 471 g/mol. The van der Waals surface area contributed by atoms with E-state index in [1.807, 2.05) is 30.3 Å². The van der Waals surface area contributed by atoms with Crippen molar-refractivity contribution in [2.45, 2.75) is 22.7 Å². The van der Waals surface area contributed by atoms with E-state index in [1.165, 1.54) is 4.90 Å². The van der Waals surface area contributed by atoms with Gasteiger partial charge in [-0.1, -0.05) is 0 Å². The van der Waals surface area contributed by atoms with Gasteiger partial charge in [0.1, 0.15) is 0 Å². The van der Waals surface area contributed by atoms with Crippen molar-refractivity contribution >= 4 is 43.4 Å². The van der Waals surface area contributed by atoms with Crippen molar-refractivity contribution in [1.29, 1.82) is 0 Å². The summed E-state index contributed by atoms with van der Waals surface area (Å²) >= 11 is -1.01. The third kappa shape index (κ3) is 3.36. The quantitative estimate of drug-likeness (QED) is 0.460. The number of carbonyl (C=O) groups excluding carboxylic acids is 2. The Morgan fingerprint density at radius 3 is 2.72 bits per heavy atom. The van der Waals surface area contributed by atoms with Gasteiger partial charge in [-0.05, 0) is 0 Å². The Kier molecular flexibility index (Phi) is 5.39. The second-order valence-corrected chi connectivity index (χ2v) is 13.6. The Labute approximate surface area is 190 Å². The van der Waals surface area contributed by atoms with Crippen molar-refractivity contribution < 1.29 is 29.2 Å². The van der Waals surface area contributed by atoms with E-state index in [1.54, 1.807) is 12.1 Å². The zero-order valence-electron chi connectivity index (χ0n) is 17.9. The first kappa shape index (κ1) is 21.0. The van der Waals surface area contributed by atoms with Gasteiger partial charge in [-0.15, -0.1) is 0 Å². The number of rotatable bonds is 6. The van der Waals surface area contributed by atoms with Crippen molar-refractivity contribution in [3.63, 3.8) is 0 Å². The predicted octanol–water partition coefficient (Wildman–Crippen LogP) is 0.910. The molecule has 1 aliphatic carbocycles. The van der Waals surface area contributed by atoms with Crippen LogP contribution in [0.2, 0.25) is 16.6 Å². The number of fused-ring (bicyclic) bond motifs is 6. The molecule has 2 aromatic carbocycles. The van der Waals surface area contributed by atoms with Gasteiger partial charge in [-0.3, -0.25) is 0 Å². The minimum absolute atomic E-state index is 0.110. The van der Waals surface area contributed by atoms with E-state index < -0.39 is 20.8 Å². The van der Waals surface area contributed by atoms with Crippen LogP contribution >= 0.6 is 0 Å². The first-order chi connectivity index (χ1) is 15.5. The van der Waals surface area contributed by atoms with Gasteiger partial charge in [-0.2, -0.15) is 0 Å². The number of hydrogen-bond donors (Lipinski definition) is 2. The molecular formula is C24H24AsN2O5+. The number of carbonyl (C=O) groups is 2. The van der Waals surface area contributed by atoms with Crippen LogP contribution in [0.25, 0.3) is 5.57 Å². The Balaban J connectivity index is 1.66. The average Bonchev–Trinajstić information content (AvgIpc) is 3.05. The monoisotopic (exact) mass is 495 g/mol. The molecule has 3 aliphatic rings. The molecule has 1 unspecified atom stereocenters. The van der Waals surface area contributed by atoms with Gasteiger partial charge in [0.15, 0.2) is 0 Å². The van der Waals surface area contributed by atoms with Crippen LogP contribution in [0.15, 0.2) is 48.0 Å². The molecule has 0 aromatic heterocycles. The van der Waals surface area contributed by atoms with Crippen LogP contribution in [0.3, 0.4) is 0 Å². The number of aliphatic hydroxyl groups is 1. The number of amides is 2. The Morgan fingerprint density at radius 2 is 1.94 bits per heavy atom. The fraction of sp³-hybridized carbons (Fsp3) is 0.292. The van der Waals surface area contributed by atoms with E-state index in [0.29, 0.717) is 34.8 Å². The summed E-state index contributed by atoms with van der Waals surface area (Å²) in [6.07, 6.45) is -0.671. The Bertz CT molecular complexity index is 1190. The van der Waals surface area contributed by atoms with E-state index in [4.69, 9.17) is 14.6 Å². The molecule has 2 aromatic rings. The summed E-state index contributed by atoms with van der Waals surface area (Å²) < 4.78 is 11.9. The molecule has 8 heteroatoms. The van der Waals surface area contributed by atoms with Gasteiger partial charge < -0.3 is 0 Å². The number of nitrogens with zero attached hydrogens (tertiary/aromatic N) is 1. The number of hydrogen-bond acceptors (Lipinski definition) is 5. The van der Waals surface area contributed by atoms with Crippen LogP contribution in [-0.2, 0) is 9.59 Å². The summed E-state index contributed by atoms with van der Waals surface area (Å²) in [6.45, 7) is 0.470. The molecule has 2 amide bonds. The van der Waals surface area contributed by atoms with E-state index >= 15 is 0 Å². The number of aliphatic hydroxyl groups excluding tert-OH is 1. The molecule has 7 nitrogen and oxygen atoms in total. The summed E-state index contributed by atoms with van der Waals surface area (Å²) in [4.78, 5) is 31.7. The van der Waals surface area contributed by atoms with Crippen molar-refractivity contribution in [3.05, 3.63) is 59.2 Å². The molecule has 2 heterocycles. The van der Waals surface area contributed by atoms with Crippen LogP contribution in [0, 0.1) is 0 Å². The molecule has 164 valence electrons. The van der Waals surface area contributed by atoms with Crippen molar-refractivity contribution in [2.24, 2.45) is 0 Å². The van der Waals surface area contributed by atoms with Crippen LogP contribution in [0.1, 0.15) is 11.1 Å². The fourth-order valence-electron chi connectivity index (χ4n) is 4.30. The van der Waals surface area contributed by atoms with Gasteiger partial charge in [0.2, 0.25) is 0 Å². The summed E-state index contributed by atoms with van der Waals surface area (Å²) in [6, 6.07) is 13.0. The molecule has 0 fully saturated rings. The first-order valence-electron chi connectivity index (χ1n) is 10.5. The molecule has 1 atom stereocenters. The molecule has 2 aliphatic heterocycles. The van der Waals surface area contributed by atoms with Crippen LogP contribution in [-0.4, -0.2) is 68.0 Å². The summed E-state index contributed by atoms with van der Waals surface area (Å²) in [5.41, 5.74) is 8.21. The van der Waals surface area contributed by atoms with E-state index in [2.05, 4.69) is 16.4 Å². The Hall–Kier alpha value is -2.89. The van der Waals surface area contributed by atoms with Crippen molar-refractivity contribution in [3.8, 4) is 11.5 Å². The zero-order valence-corrected chi connectivity index (χ0v) is 19.8. The van der Waals surface area contributed by atoms with Crippen LogP contribution in [0.4, 0.5) is 5.69 Å². The maximum atomic E-state index is 13.5. The Morgan fingerprint density at radius 1 is 1.12 bits per heavy atom. The number of nitrogens with one attached hydrogen (secondary N) is 1. The molecule has 5 rings (SSSR count). The molecule has 0 saturated heterocycles. The van der Waals surface area contributed by atoms with Crippen LogP contribution in [0.5, 0.6) is 11.5 Å². The topological polar surface area (TPSA) is 90.0 Å². The maximum absolute atomic E-state index is 13.5. The van der Waals surface area contributed by atoms with Gasteiger partial charge >= 0.3 is 191 Å². The zero-order chi connectivity index (χ0) is 22.4. The average molecular weight is 495 g/mol. The fourth-order valence-corrected chi connectivity index (χ4v) is 5.56. The summed E-state index contributed by atoms with van der Waals surface area (Å²) in [7, 11) is 0. The third-order valence-corrected chi connectivity index (χ3v) is 8.11. The van der Waals surface area contributed by atoms with E-state index in [-0.39, 0.29) is 25.0 Å². The van der Waals surface area contributed by atoms with Crippen molar-refractivity contribution in [2.75, 3.05) is 19.8 Å². The molecule has 0 radical (unpaired) electrons. The second-order valence-electron chi connectivity index (χ2n) is 8.17. The second kappa shape index (κ2) is 8.23. The minimum atomic E-state index is -1.01. The van der Waals surface area contributed by atoms with Crippen LogP contribution < -0.4 is 14.5 Å². The van der Waals surface area contributed by atoms with Crippen molar-refractivity contribution in [1.82, 2.24) is 4.90 Å². The predicted molar refractivity (Wildman–Crippen MR) is 121 cm³/mol. The molecule has 32 heavy (non-hydrogen) atoms. The number of para-hydroxylation sites is 2. The molecule has 0 bridgehead atoms. The summed E-state index contributed by atoms with van der Waals surface area (Å²) in [5, 5.41) is 9.99. The van der Waals surface area contributed by atoms with Gasteiger partial charge in [0, 0.05) is 0 Å².